The normalized spacial score (nSPS) is 12.4. The number of ether oxygens (including phenoxy) is 2. The van der Waals surface area contributed by atoms with E-state index in [0.29, 0.717) is 44.9 Å². The summed E-state index contributed by atoms with van der Waals surface area (Å²) in [7, 11) is 0. The number of hydrogen-bond donors (Lipinski definition) is 4. The van der Waals surface area contributed by atoms with Crippen LogP contribution in [0.15, 0.2) is 60.7 Å². The zero-order valence-electron chi connectivity index (χ0n) is 22.5. The third-order valence-corrected chi connectivity index (χ3v) is 5.80. The monoisotopic (exact) mass is 526 g/mol. The van der Waals surface area contributed by atoms with E-state index in [1.807, 2.05) is 60.7 Å². The third-order valence-electron chi connectivity index (χ3n) is 5.80. The molecule has 2 aromatic rings. The molecular formula is C29H42N4O5. The fourth-order valence-electron chi connectivity index (χ4n) is 3.55. The Morgan fingerprint density at radius 3 is 2.05 bits per heavy atom. The van der Waals surface area contributed by atoms with Gasteiger partial charge in [-0.05, 0) is 42.7 Å². The van der Waals surface area contributed by atoms with Crippen LogP contribution < -0.4 is 21.7 Å². The Morgan fingerprint density at radius 1 is 0.789 bits per heavy atom. The number of nitrogens with two attached hydrogens (primary N) is 1. The molecule has 0 bridgehead atoms. The minimum Gasteiger partial charge on any atom is -0.445 e. The summed E-state index contributed by atoms with van der Waals surface area (Å²) in [5.41, 5.74) is 7.92. The number of alkyl carbamates (subject to hydrolysis) is 1. The number of unbranched alkanes of at least 4 members (excludes halogenated alkanes) is 1. The van der Waals surface area contributed by atoms with Gasteiger partial charge in [-0.1, -0.05) is 74.5 Å². The predicted octanol–water partition coefficient (Wildman–Crippen LogP) is 3.27. The van der Waals surface area contributed by atoms with E-state index in [1.54, 1.807) is 0 Å². The molecule has 2 rings (SSSR count). The largest absolute Gasteiger partial charge is 0.445 e. The summed E-state index contributed by atoms with van der Waals surface area (Å²) >= 11 is 0. The zero-order chi connectivity index (χ0) is 27.6. The van der Waals surface area contributed by atoms with Crippen molar-refractivity contribution in [3.63, 3.8) is 0 Å². The van der Waals surface area contributed by atoms with Crippen LogP contribution in [-0.4, -0.2) is 49.7 Å². The first-order valence-electron chi connectivity index (χ1n) is 13.2. The van der Waals surface area contributed by atoms with Crippen LogP contribution in [0.25, 0.3) is 0 Å². The van der Waals surface area contributed by atoms with Crippen LogP contribution >= 0.6 is 0 Å². The Labute approximate surface area is 225 Å². The van der Waals surface area contributed by atoms with Crippen LogP contribution in [-0.2, 0) is 32.3 Å². The molecule has 0 saturated heterocycles. The molecule has 0 aliphatic heterocycles. The highest BCUT2D eigenvalue weighted by molar-refractivity contribution is 5.89. The summed E-state index contributed by atoms with van der Waals surface area (Å²) in [4.78, 5) is 37.4. The van der Waals surface area contributed by atoms with E-state index in [2.05, 4.69) is 29.8 Å². The van der Waals surface area contributed by atoms with Gasteiger partial charge in [0.15, 0.2) is 0 Å². The summed E-state index contributed by atoms with van der Waals surface area (Å²) in [6, 6.07) is 17.4. The first-order valence-corrected chi connectivity index (χ1v) is 13.2. The molecule has 0 heterocycles. The van der Waals surface area contributed by atoms with Crippen molar-refractivity contribution in [1.29, 1.82) is 0 Å². The molecule has 0 fully saturated rings. The fraction of sp³-hybridized carbons (Fsp3) is 0.483. The fourth-order valence-corrected chi connectivity index (χ4v) is 3.55. The van der Waals surface area contributed by atoms with E-state index in [1.165, 1.54) is 0 Å². The summed E-state index contributed by atoms with van der Waals surface area (Å²) in [5.74, 6) is -0.234. The molecule has 0 aliphatic rings. The lowest BCUT2D eigenvalue weighted by atomic mass is 10.1. The molecule has 5 N–H and O–H groups in total. The molecule has 0 spiro atoms. The summed E-state index contributed by atoms with van der Waals surface area (Å²) in [5, 5.41) is 8.39. The summed E-state index contributed by atoms with van der Waals surface area (Å²) < 4.78 is 10.8. The van der Waals surface area contributed by atoms with Gasteiger partial charge in [-0.15, -0.1) is 0 Å². The molecule has 0 aliphatic carbocycles. The number of rotatable bonds is 17. The molecule has 2 aromatic carbocycles. The summed E-state index contributed by atoms with van der Waals surface area (Å²) in [6.45, 7) is 5.68. The lowest BCUT2D eigenvalue weighted by Crippen LogP contribution is -2.53. The minimum absolute atomic E-state index is 0.0391. The van der Waals surface area contributed by atoms with Gasteiger partial charge in [0, 0.05) is 13.1 Å². The molecule has 3 amide bonds. The topological polar surface area (TPSA) is 132 Å². The lowest BCUT2D eigenvalue weighted by Gasteiger charge is -2.21. The zero-order valence-corrected chi connectivity index (χ0v) is 22.5. The molecule has 9 heteroatoms. The van der Waals surface area contributed by atoms with E-state index in [9.17, 15) is 14.4 Å². The second-order valence-corrected chi connectivity index (χ2v) is 9.63. The van der Waals surface area contributed by atoms with Crippen molar-refractivity contribution < 1.29 is 23.9 Å². The number of carbonyl (C=O) groups is 3. The molecule has 0 radical (unpaired) electrons. The van der Waals surface area contributed by atoms with Crippen LogP contribution in [0, 0.1) is 5.92 Å². The highest BCUT2D eigenvalue weighted by Crippen LogP contribution is 2.05. The van der Waals surface area contributed by atoms with Crippen molar-refractivity contribution in [2.75, 3.05) is 19.7 Å². The maximum atomic E-state index is 12.8. The molecule has 2 atom stereocenters. The van der Waals surface area contributed by atoms with Crippen LogP contribution in [0.3, 0.4) is 0 Å². The molecule has 208 valence electrons. The van der Waals surface area contributed by atoms with Crippen LogP contribution in [0.2, 0.25) is 0 Å². The Morgan fingerprint density at radius 2 is 1.42 bits per heavy atom. The maximum absolute atomic E-state index is 12.8. The van der Waals surface area contributed by atoms with Crippen molar-refractivity contribution in [3.05, 3.63) is 71.8 Å². The highest BCUT2D eigenvalue weighted by Gasteiger charge is 2.23. The molecule has 0 unspecified atom stereocenters. The molecular weight excluding hydrogens is 484 g/mol. The molecule has 9 nitrogen and oxygen atoms in total. The lowest BCUT2D eigenvalue weighted by molar-refractivity contribution is -0.130. The number of carbonyl (C=O) groups excluding carboxylic acids is 3. The van der Waals surface area contributed by atoms with Gasteiger partial charge in [0.1, 0.15) is 18.7 Å². The quantitative estimate of drug-likeness (QED) is 0.234. The SMILES string of the molecule is CC(C)CCNC(=O)[C@@H](CCCCNC(=O)OCc1ccccc1)NC(=O)[C@H](N)COCc1ccccc1. The third kappa shape index (κ3) is 13.2. The van der Waals surface area contributed by atoms with Crippen molar-refractivity contribution >= 4 is 17.9 Å². The van der Waals surface area contributed by atoms with Gasteiger partial charge >= 0.3 is 6.09 Å². The number of nitrogens with one attached hydrogen (secondary N) is 3. The van der Waals surface area contributed by atoms with Crippen molar-refractivity contribution in [2.45, 2.75) is 64.8 Å². The van der Waals surface area contributed by atoms with Crippen LogP contribution in [0.5, 0.6) is 0 Å². The number of benzene rings is 2. The van der Waals surface area contributed by atoms with E-state index in [0.717, 1.165) is 17.5 Å². The number of amides is 3. The number of hydrogen-bond acceptors (Lipinski definition) is 6. The van der Waals surface area contributed by atoms with Gasteiger partial charge < -0.3 is 31.2 Å². The molecule has 0 aromatic heterocycles. The maximum Gasteiger partial charge on any atom is 0.407 e. The van der Waals surface area contributed by atoms with Crippen molar-refractivity contribution in [1.82, 2.24) is 16.0 Å². The summed E-state index contributed by atoms with van der Waals surface area (Å²) in [6.07, 6.45) is 2.00. The average molecular weight is 527 g/mol. The second kappa shape index (κ2) is 17.9. The first-order chi connectivity index (χ1) is 18.3. The smallest absolute Gasteiger partial charge is 0.407 e. The first kappa shape index (κ1) is 30.8. The van der Waals surface area contributed by atoms with Gasteiger partial charge in [0.2, 0.25) is 11.8 Å². The van der Waals surface area contributed by atoms with Gasteiger partial charge in [0.25, 0.3) is 0 Å². The Bertz CT molecular complexity index is 956. The van der Waals surface area contributed by atoms with Crippen molar-refractivity contribution in [3.8, 4) is 0 Å². The molecule has 38 heavy (non-hydrogen) atoms. The van der Waals surface area contributed by atoms with Crippen molar-refractivity contribution in [2.24, 2.45) is 11.7 Å². The van der Waals surface area contributed by atoms with E-state index in [-0.39, 0.29) is 19.1 Å². The Kier molecular flexibility index (Phi) is 14.5. The van der Waals surface area contributed by atoms with Gasteiger partial charge in [-0.2, -0.15) is 0 Å². The second-order valence-electron chi connectivity index (χ2n) is 9.63. The van der Waals surface area contributed by atoms with Gasteiger partial charge in [-0.3, -0.25) is 9.59 Å². The van der Waals surface area contributed by atoms with Crippen LogP contribution in [0.4, 0.5) is 4.79 Å². The predicted molar refractivity (Wildman–Crippen MR) is 147 cm³/mol. The standard InChI is InChI=1S/C29H42N4O5/c1-22(2)16-18-31-28(35)26(33-27(34)25(30)21-37-19-23-11-5-3-6-12-23)15-9-10-17-32-29(36)38-20-24-13-7-4-8-14-24/h3-8,11-14,22,25-26H,9-10,15-21,30H2,1-2H3,(H,31,35)(H,32,36)(H,33,34)/t25-,26-/m1/s1. The average Bonchev–Trinajstić information content (AvgIpc) is 2.91. The van der Waals surface area contributed by atoms with Gasteiger partial charge in [0.05, 0.1) is 13.2 Å². The Balaban J connectivity index is 1.74. The Hall–Kier alpha value is -3.43. The van der Waals surface area contributed by atoms with Gasteiger partial charge in [-0.25, -0.2) is 4.79 Å². The van der Waals surface area contributed by atoms with E-state index < -0.39 is 24.1 Å². The minimum atomic E-state index is -0.897. The highest BCUT2D eigenvalue weighted by atomic mass is 16.5. The molecule has 0 saturated carbocycles. The van der Waals surface area contributed by atoms with E-state index >= 15 is 0 Å². The van der Waals surface area contributed by atoms with Crippen LogP contribution in [0.1, 0.15) is 50.7 Å². The van der Waals surface area contributed by atoms with E-state index in [4.69, 9.17) is 15.2 Å².